The van der Waals surface area contributed by atoms with Gasteiger partial charge in [-0.25, -0.2) is 8.42 Å². The van der Waals surface area contributed by atoms with Gasteiger partial charge in [-0.2, -0.15) is 4.31 Å². The van der Waals surface area contributed by atoms with Crippen LogP contribution in [-0.2, 0) is 10.0 Å². The van der Waals surface area contributed by atoms with Crippen LogP contribution >= 0.6 is 0 Å². The van der Waals surface area contributed by atoms with Gasteiger partial charge in [0.1, 0.15) is 0 Å². The summed E-state index contributed by atoms with van der Waals surface area (Å²) in [5, 5.41) is 18.2. The van der Waals surface area contributed by atoms with Gasteiger partial charge in [-0.3, -0.25) is 0 Å². The second kappa shape index (κ2) is 5.60. The summed E-state index contributed by atoms with van der Waals surface area (Å²) in [4.78, 5) is 2.17. The molecule has 2 N–H and O–H groups in total. The Morgan fingerprint density at radius 1 is 1.16 bits per heavy atom. The van der Waals surface area contributed by atoms with Gasteiger partial charge in [-0.1, -0.05) is 12.1 Å². The van der Waals surface area contributed by atoms with Crippen molar-refractivity contribution in [2.24, 2.45) is 0 Å². The Kier molecular flexibility index (Phi) is 4.27. The van der Waals surface area contributed by atoms with E-state index in [-0.39, 0.29) is 10.4 Å². The van der Waals surface area contributed by atoms with Crippen LogP contribution in [0.2, 0.25) is 0 Å². The third-order valence-corrected chi connectivity index (χ3v) is 5.15. The van der Waals surface area contributed by atoms with Crippen LogP contribution in [0.4, 0.5) is 0 Å². The quantitative estimate of drug-likeness (QED) is 0.647. The van der Waals surface area contributed by atoms with E-state index in [4.69, 9.17) is 10.0 Å². The summed E-state index contributed by atoms with van der Waals surface area (Å²) in [6.45, 7) is 2.29. The van der Waals surface area contributed by atoms with Crippen LogP contribution in [0.3, 0.4) is 0 Å². The molecule has 1 aliphatic rings. The van der Waals surface area contributed by atoms with Crippen LogP contribution in [-0.4, -0.2) is 68.0 Å². The summed E-state index contributed by atoms with van der Waals surface area (Å²) >= 11 is 0. The molecule has 6 nitrogen and oxygen atoms in total. The van der Waals surface area contributed by atoms with E-state index in [9.17, 15) is 8.42 Å². The first kappa shape index (κ1) is 14.5. The summed E-state index contributed by atoms with van der Waals surface area (Å²) in [6.07, 6.45) is 0. The zero-order chi connectivity index (χ0) is 14.0. The highest BCUT2D eigenvalue weighted by Gasteiger charge is 2.28. The lowest BCUT2D eigenvalue weighted by Gasteiger charge is -2.31. The average molecular weight is 284 g/mol. The zero-order valence-corrected chi connectivity index (χ0v) is 11.5. The molecule has 19 heavy (non-hydrogen) atoms. The molecule has 1 saturated heterocycles. The van der Waals surface area contributed by atoms with Gasteiger partial charge in [-0.05, 0) is 24.6 Å². The van der Waals surface area contributed by atoms with E-state index in [1.807, 2.05) is 7.05 Å². The summed E-state index contributed by atoms with van der Waals surface area (Å²) in [5.74, 6) is 0. The molecule has 8 heteroatoms. The minimum atomic E-state index is -3.56. The number of hydrogen-bond donors (Lipinski definition) is 2. The fourth-order valence-electron chi connectivity index (χ4n) is 2.01. The molecule has 1 aliphatic heterocycles. The first-order chi connectivity index (χ1) is 8.91. The van der Waals surface area contributed by atoms with E-state index in [2.05, 4.69) is 4.90 Å². The SMILES string of the molecule is CN1CCN(S(=O)(=O)c2cccc(B(O)O)c2)CC1. The van der Waals surface area contributed by atoms with Gasteiger partial charge >= 0.3 is 7.12 Å². The standard InChI is InChI=1S/C11H17BN2O4S/c1-13-5-7-14(8-6-13)19(17,18)11-4-2-3-10(9-11)12(15)16/h2-4,9,15-16H,5-8H2,1H3. The van der Waals surface area contributed by atoms with Crippen LogP contribution in [0.15, 0.2) is 29.2 Å². The van der Waals surface area contributed by atoms with Crippen molar-refractivity contribution in [3.8, 4) is 0 Å². The number of sulfonamides is 1. The molecule has 0 aromatic heterocycles. The van der Waals surface area contributed by atoms with Crippen molar-refractivity contribution in [3.05, 3.63) is 24.3 Å². The second-order valence-electron chi connectivity index (χ2n) is 4.65. The van der Waals surface area contributed by atoms with Crippen molar-refractivity contribution in [2.45, 2.75) is 4.90 Å². The molecule has 0 aliphatic carbocycles. The molecule has 0 bridgehead atoms. The second-order valence-corrected chi connectivity index (χ2v) is 6.59. The minimum Gasteiger partial charge on any atom is -0.423 e. The zero-order valence-electron chi connectivity index (χ0n) is 10.7. The maximum atomic E-state index is 12.4. The highest BCUT2D eigenvalue weighted by Crippen LogP contribution is 2.16. The Morgan fingerprint density at radius 3 is 2.37 bits per heavy atom. The van der Waals surface area contributed by atoms with Gasteiger partial charge in [0.2, 0.25) is 10.0 Å². The van der Waals surface area contributed by atoms with Gasteiger partial charge < -0.3 is 14.9 Å². The van der Waals surface area contributed by atoms with Crippen LogP contribution in [0.25, 0.3) is 0 Å². The first-order valence-corrected chi connectivity index (χ1v) is 7.50. The lowest BCUT2D eigenvalue weighted by molar-refractivity contribution is 0.222. The smallest absolute Gasteiger partial charge is 0.423 e. The van der Waals surface area contributed by atoms with Crippen LogP contribution in [0.1, 0.15) is 0 Å². The molecule has 0 radical (unpaired) electrons. The number of benzene rings is 1. The van der Waals surface area contributed by atoms with Crippen molar-refractivity contribution in [2.75, 3.05) is 33.2 Å². The molecule has 0 atom stereocenters. The topological polar surface area (TPSA) is 81.1 Å². The molecule has 1 heterocycles. The highest BCUT2D eigenvalue weighted by atomic mass is 32.2. The summed E-state index contributed by atoms with van der Waals surface area (Å²) in [5.41, 5.74) is 0.176. The Labute approximate surface area is 113 Å². The van der Waals surface area contributed by atoms with E-state index in [0.717, 1.165) is 0 Å². The van der Waals surface area contributed by atoms with E-state index in [1.54, 1.807) is 0 Å². The van der Waals surface area contributed by atoms with Gasteiger partial charge in [0, 0.05) is 26.2 Å². The first-order valence-electron chi connectivity index (χ1n) is 6.06. The van der Waals surface area contributed by atoms with Crippen LogP contribution in [0, 0.1) is 0 Å². The molecule has 2 rings (SSSR count). The van der Waals surface area contributed by atoms with Crippen molar-refractivity contribution >= 4 is 22.6 Å². The Morgan fingerprint density at radius 2 is 1.79 bits per heavy atom. The van der Waals surface area contributed by atoms with Crippen molar-refractivity contribution in [1.29, 1.82) is 0 Å². The van der Waals surface area contributed by atoms with Crippen LogP contribution in [0.5, 0.6) is 0 Å². The fourth-order valence-corrected chi connectivity index (χ4v) is 3.49. The molecule has 1 fully saturated rings. The van der Waals surface area contributed by atoms with E-state index in [0.29, 0.717) is 26.2 Å². The maximum Gasteiger partial charge on any atom is 0.488 e. The average Bonchev–Trinajstić information content (AvgIpc) is 2.39. The molecular formula is C11H17BN2O4S. The molecule has 0 unspecified atom stereocenters. The molecule has 0 saturated carbocycles. The van der Waals surface area contributed by atoms with Crippen molar-refractivity contribution < 1.29 is 18.5 Å². The Bertz CT molecular complexity index is 541. The number of piperazine rings is 1. The summed E-state index contributed by atoms with van der Waals surface area (Å²) in [6, 6.07) is 5.77. The molecular weight excluding hydrogens is 267 g/mol. The minimum absolute atomic E-state index is 0.0997. The molecule has 1 aromatic rings. The van der Waals surface area contributed by atoms with Gasteiger partial charge in [0.05, 0.1) is 4.90 Å². The van der Waals surface area contributed by atoms with E-state index >= 15 is 0 Å². The van der Waals surface area contributed by atoms with Crippen molar-refractivity contribution in [1.82, 2.24) is 9.21 Å². The van der Waals surface area contributed by atoms with Crippen molar-refractivity contribution in [3.63, 3.8) is 0 Å². The third-order valence-electron chi connectivity index (χ3n) is 3.26. The predicted molar refractivity (Wildman–Crippen MR) is 72.5 cm³/mol. The molecule has 1 aromatic carbocycles. The van der Waals surface area contributed by atoms with Gasteiger partial charge in [0.15, 0.2) is 0 Å². The Hall–Kier alpha value is -0.925. The lowest BCUT2D eigenvalue weighted by Crippen LogP contribution is -2.47. The number of hydrogen-bond acceptors (Lipinski definition) is 5. The fraction of sp³-hybridized carbons (Fsp3) is 0.455. The number of nitrogens with zero attached hydrogens (tertiary/aromatic N) is 2. The normalized spacial score (nSPS) is 18.5. The summed E-state index contributed by atoms with van der Waals surface area (Å²) < 4.78 is 26.3. The summed E-state index contributed by atoms with van der Waals surface area (Å²) in [7, 11) is -3.27. The van der Waals surface area contributed by atoms with Gasteiger partial charge in [0.25, 0.3) is 0 Å². The van der Waals surface area contributed by atoms with E-state index < -0.39 is 17.1 Å². The predicted octanol–water partition coefficient (Wildman–Crippen LogP) is -1.70. The number of rotatable bonds is 3. The monoisotopic (exact) mass is 284 g/mol. The van der Waals surface area contributed by atoms with E-state index in [1.165, 1.54) is 28.6 Å². The molecule has 104 valence electrons. The third kappa shape index (κ3) is 3.15. The molecule has 0 spiro atoms. The lowest BCUT2D eigenvalue weighted by atomic mass is 9.80. The maximum absolute atomic E-state index is 12.4. The van der Waals surface area contributed by atoms with Gasteiger partial charge in [-0.15, -0.1) is 0 Å². The van der Waals surface area contributed by atoms with Crippen LogP contribution < -0.4 is 5.46 Å². The Balaban J connectivity index is 2.26. The number of likely N-dealkylation sites (N-methyl/N-ethyl adjacent to an activating group) is 1. The molecule has 0 amide bonds. The highest BCUT2D eigenvalue weighted by molar-refractivity contribution is 7.89. The largest absolute Gasteiger partial charge is 0.488 e.